The van der Waals surface area contributed by atoms with Crippen LogP contribution in [0.1, 0.15) is 56.2 Å². The van der Waals surface area contributed by atoms with Crippen molar-refractivity contribution in [1.82, 2.24) is 47.5 Å². The van der Waals surface area contributed by atoms with E-state index >= 15 is 9.59 Å². The number of phenolic OH excluding ortho intramolecular Hbond substituents is 1. The molecule has 2 aliphatic heterocycles. The van der Waals surface area contributed by atoms with Crippen LogP contribution in [0, 0.1) is 3.57 Å². The SMILES string of the molecule is CC(O)[C@@H]1NC(=O)[C@H](CCCCN)NC(=O)[C@@H](Cc2c[nH]c3ccccc23)NC(=O)[C@H](Cc2ccc(O)c(I)c2)NC(=O)C(NC(=O)C(Cc2ccccc2)NC(=O)CCS[C@@H]2OC(CO)[C@H](O)[C@H](O)C2O)CSSC[C@@H](C(=O)N[C@H](CO)C(C)O)NC1=O. The van der Waals surface area contributed by atoms with Crippen LogP contribution in [0.4, 0.5) is 0 Å². The van der Waals surface area contributed by atoms with E-state index in [1.165, 1.54) is 26.0 Å². The van der Waals surface area contributed by atoms with Crippen LogP contribution in [0.15, 0.2) is 79.0 Å². The van der Waals surface area contributed by atoms with Crippen LogP contribution >= 0.6 is 55.9 Å². The minimum atomic E-state index is -1.75. The van der Waals surface area contributed by atoms with Gasteiger partial charge in [-0.2, -0.15) is 0 Å². The smallest absolute Gasteiger partial charge is 0.245 e. The first kappa shape index (κ1) is 72.2. The van der Waals surface area contributed by atoms with Gasteiger partial charge in [-0.1, -0.05) is 76.2 Å². The molecular weight excluding hydrogens is 1330 g/mol. The van der Waals surface area contributed by atoms with Gasteiger partial charge in [-0.15, -0.1) is 11.8 Å². The second-order valence-electron chi connectivity index (χ2n) is 21.6. The number of H-pyrrole nitrogens is 1. The molecule has 3 heterocycles. The molecule has 0 spiro atoms. The Morgan fingerprint density at radius 1 is 0.764 bits per heavy atom. The maximum absolute atomic E-state index is 15.1. The first-order valence-electron chi connectivity index (χ1n) is 28.8. The fourth-order valence-electron chi connectivity index (χ4n) is 9.62. The second-order valence-corrected chi connectivity index (χ2v) is 26.5. The van der Waals surface area contributed by atoms with E-state index in [2.05, 4.69) is 47.5 Å². The number of carbonyl (C=O) groups excluding carboxylic acids is 8. The van der Waals surface area contributed by atoms with Crippen LogP contribution in [-0.4, -0.2) is 221 Å². The van der Waals surface area contributed by atoms with Gasteiger partial charge in [-0.3, -0.25) is 38.4 Å². The number of thioether (sulfide) groups is 1. The number of aromatic nitrogens is 1. The third-order valence-corrected chi connectivity index (χ3v) is 19.2. The summed E-state index contributed by atoms with van der Waals surface area (Å²) in [5, 5.41) is 105. The van der Waals surface area contributed by atoms with Gasteiger partial charge in [0.2, 0.25) is 47.3 Å². The zero-order valence-electron chi connectivity index (χ0n) is 48.8. The van der Waals surface area contributed by atoms with Gasteiger partial charge in [0.15, 0.2) is 0 Å². The number of carbonyl (C=O) groups is 8. The molecule has 27 nitrogen and oxygen atoms in total. The van der Waals surface area contributed by atoms with E-state index in [1.54, 1.807) is 66.9 Å². The largest absolute Gasteiger partial charge is 0.507 e. The first-order valence-corrected chi connectivity index (χ1v) is 33.5. The number of aliphatic hydroxyl groups excluding tert-OH is 7. The molecule has 2 saturated heterocycles. The quantitative estimate of drug-likeness (QED) is 0.0209. The lowest BCUT2D eigenvalue weighted by Gasteiger charge is -2.39. The van der Waals surface area contributed by atoms with Crippen molar-refractivity contribution in [2.45, 2.75) is 149 Å². The van der Waals surface area contributed by atoms with Gasteiger partial charge in [-0.05, 0) is 97.1 Å². The van der Waals surface area contributed by atoms with Crippen molar-refractivity contribution in [3.63, 3.8) is 0 Å². The number of ether oxygens (including phenoxy) is 1. The van der Waals surface area contributed by atoms with Gasteiger partial charge in [0, 0.05) is 60.0 Å². The summed E-state index contributed by atoms with van der Waals surface area (Å²) in [4.78, 5) is 119. The molecule has 0 radical (unpaired) electrons. The number of halogens is 1. The lowest BCUT2D eigenvalue weighted by Crippen LogP contribution is -2.62. The number of rotatable bonds is 23. The standard InChI is InChI=1S/C58H79IN10O17S3/c1-29(72)41(25-70)66-56(84)43-28-89-88-27-42(67-52(80)38(21-31-10-4-3-5-11-31)62-46(75)17-19-87-58-50(78)49(77)48(76)45(26-71)86-58)55(83)64-39(22-32-15-16-44(74)35(59)20-32)53(81)65-40(23-33-24-61-36-13-7-6-12-34(33)36)54(82)63-37(14-8-9-18-60)51(79)69-47(30(2)73)57(85)68-43/h3-7,10-13,15-16,20,24,29-30,37-43,45,47-50,58,61,70-74,76-78H,8-9,14,17-19,21-23,25-28,60H2,1-2H3,(H,62,75)(H,63,82)(H,64,83)(H,65,81)(H,66,84)(H,67,80)(H,68,85)(H,69,79)/t29?,30?,37-,38?,39-,40+,41+,42?,43-,45?,47-,48-,49-,50?,58-/m0/s1. The highest BCUT2D eigenvalue weighted by Gasteiger charge is 2.44. The molecule has 4 aromatic rings. The molecule has 15 atom stereocenters. The number of fused-ring (bicyclic) bond motifs is 1. The number of para-hydroxylation sites is 1. The molecule has 488 valence electrons. The van der Waals surface area contributed by atoms with Crippen molar-refractivity contribution in [1.29, 1.82) is 0 Å². The highest BCUT2D eigenvalue weighted by atomic mass is 127. The van der Waals surface area contributed by atoms with E-state index < -0.39 is 151 Å². The summed E-state index contributed by atoms with van der Waals surface area (Å²) in [7, 11) is 1.84. The number of benzene rings is 3. The number of amides is 8. The maximum Gasteiger partial charge on any atom is 0.245 e. The Morgan fingerprint density at radius 2 is 1.43 bits per heavy atom. The fourth-order valence-corrected chi connectivity index (χ4v) is 13.6. The highest BCUT2D eigenvalue weighted by molar-refractivity contribution is 14.1. The third-order valence-electron chi connectivity index (χ3n) is 14.8. The lowest BCUT2D eigenvalue weighted by atomic mass is 10.0. The Bertz CT molecular complexity index is 3030. The summed E-state index contributed by atoms with van der Waals surface area (Å²) < 4.78 is 5.96. The Hall–Kier alpha value is -5.82. The number of nitrogens with two attached hydrogens (primary N) is 1. The molecule has 8 amide bonds. The summed E-state index contributed by atoms with van der Waals surface area (Å²) in [5.74, 6) is -7.93. The molecule has 2 aliphatic rings. The van der Waals surface area contributed by atoms with Gasteiger partial charge < -0.3 is 98.8 Å². The summed E-state index contributed by atoms with van der Waals surface area (Å²) >= 11 is 2.81. The van der Waals surface area contributed by atoms with Crippen molar-refractivity contribution in [3.05, 3.63) is 99.3 Å². The predicted octanol–water partition coefficient (Wildman–Crippen LogP) is -2.41. The number of phenols is 1. The van der Waals surface area contributed by atoms with E-state index in [4.69, 9.17) is 10.5 Å². The van der Waals surface area contributed by atoms with Crippen LogP contribution in [0.5, 0.6) is 5.75 Å². The van der Waals surface area contributed by atoms with Crippen LogP contribution in [-0.2, 0) is 62.4 Å². The number of hydrogen-bond acceptors (Lipinski definition) is 21. The van der Waals surface area contributed by atoms with E-state index in [0.717, 1.165) is 33.3 Å². The summed E-state index contributed by atoms with van der Waals surface area (Å²) in [6.07, 6.45) is -7.43. The highest BCUT2D eigenvalue weighted by Crippen LogP contribution is 2.30. The molecule has 0 aliphatic carbocycles. The molecule has 0 saturated carbocycles. The number of aromatic amines is 1. The average Bonchev–Trinajstić information content (AvgIpc) is 2.18. The van der Waals surface area contributed by atoms with Gasteiger partial charge in [0.05, 0.1) is 35.0 Å². The van der Waals surface area contributed by atoms with Crippen LogP contribution in [0.3, 0.4) is 0 Å². The Balaban J connectivity index is 1.39. The number of aliphatic hydroxyl groups is 7. The summed E-state index contributed by atoms with van der Waals surface area (Å²) in [6.45, 7) is 1.36. The molecule has 3 aromatic carbocycles. The van der Waals surface area contributed by atoms with Gasteiger partial charge in [-0.25, -0.2) is 0 Å². The summed E-state index contributed by atoms with van der Waals surface area (Å²) in [5.41, 5.74) is 6.97. The third kappa shape index (κ3) is 21.4. The van der Waals surface area contributed by atoms with Crippen molar-refractivity contribution in [2.75, 3.05) is 37.0 Å². The molecule has 1 aromatic heterocycles. The number of aromatic hydroxyl groups is 1. The molecule has 6 rings (SSSR count). The minimum absolute atomic E-state index is 0.0379. The predicted molar refractivity (Wildman–Crippen MR) is 341 cm³/mol. The molecular formula is C58H79IN10O17S3. The van der Waals surface area contributed by atoms with Crippen LogP contribution in [0.2, 0.25) is 0 Å². The molecule has 0 bridgehead atoms. The zero-order chi connectivity index (χ0) is 64.9. The maximum atomic E-state index is 15.1. The van der Waals surface area contributed by atoms with Crippen molar-refractivity contribution < 1.29 is 83.9 Å². The second kappa shape index (κ2) is 35.7. The normalized spacial score (nSPS) is 25.8. The molecule has 6 unspecified atom stereocenters. The van der Waals surface area contributed by atoms with E-state index in [0.29, 0.717) is 37.6 Å². The first-order chi connectivity index (χ1) is 42.5. The van der Waals surface area contributed by atoms with Gasteiger partial charge in [0.1, 0.15) is 77.9 Å². The summed E-state index contributed by atoms with van der Waals surface area (Å²) in [6, 6.07) is 8.33. The number of nitrogens with one attached hydrogen (secondary N) is 9. The van der Waals surface area contributed by atoms with Gasteiger partial charge >= 0.3 is 0 Å². The fraction of sp³-hybridized carbons (Fsp3) is 0.517. The monoisotopic (exact) mass is 1410 g/mol. The number of unbranched alkanes of at least 4 members (excludes halogenated alkanes) is 1. The zero-order valence-corrected chi connectivity index (χ0v) is 53.4. The van der Waals surface area contributed by atoms with Crippen LogP contribution in [0.25, 0.3) is 10.9 Å². The topological polar surface area (TPSA) is 446 Å². The Kier molecular flexibility index (Phi) is 29.0. The molecule has 31 heteroatoms. The van der Waals surface area contributed by atoms with Crippen LogP contribution < -0.4 is 48.3 Å². The van der Waals surface area contributed by atoms with E-state index in [-0.39, 0.29) is 68.1 Å². The van der Waals surface area contributed by atoms with Gasteiger partial charge in [0.25, 0.3) is 0 Å². The lowest BCUT2D eigenvalue weighted by molar-refractivity contribution is -0.205. The molecule has 2 fully saturated rings. The molecule has 19 N–H and O–H groups in total. The van der Waals surface area contributed by atoms with Crippen molar-refractivity contribution in [3.8, 4) is 5.75 Å². The Morgan fingerprint density at radius 3 is 2.10 bits per heavy atom. The minimum Gasteiger partial charge on any atom is -0.507 e. The number of hydrogen-bond donors (Lipinski definition) is 18. The molecule has 89 heavy (non-hydrogen) atoms. The average molecular weight is 1410 g/mol. The van der Waals surface area contributed by atoms with Crippen molar-refractivity contribution in [2.24, 2.45) is 5.73 Å². The van der Waals surface area contributed by atoms with Crippen molar-refractivity contribution >= 4 is 114 Å². The van der Waals surface area contributed by atoms with E-state index in [1.807, 2.05) is 22.6 Å². The van der Waals surface area contributed by atoms with E-state index in [9.17, 15) is 69.6 Å². The Labute approximate surface area is 539 Å².